The van der Waals surface area contributed by atoms with E-state index in [1.54, 1.807) is 6.07 Å². The maximum atomic E-state index is 13.5. The SMILES string of the molecule is C[Si](C)(C)CCOCn1cc(C(F)(F)F)c2c(C3CC3)cc[n+](O)c21. The van der Waals surface area contributed by atoms with Gasteiger partial charge in [-0.05, 0) is 36.4 Å². The molecule has 1 saturated carbocycles. The molecule has 1 fully saturated rings. The standard InChI is InChI=1S/C17H24F3N2O2Si/c1-25(2,3)9-8-24-11-21-10-14(17(18,19)20)15-13(12-4-5-12)6-7-22(23)16(15)21/h6-7,10,12,23H,4-5,8-9,11H2,1-3H3/q+1. The van der Waals surface area contributed by atoms with E-state index in [-0.39, 0.29) is 23.7 Å². The van der Waals surface area contributed by atoms with Crippen LogP contribution in [0.1, 0.15) is 29.9 Å². The second kappa shape index (κ2) is 6.32. The van der Waals surface area contributed by atoms with E-state index < -0.39 is 19.8 Å². The second-order valence-electron chi connectivity index (χ2n) is 7.95. The highest BCUT2D eigenvalue weighted by atomic mass is 28.3. The first-order chi connectivity index (χ1) is 11.6. The van der Waals surface area contributed by atoms with Crippen molar-refractivity contribution in [1.29, 1.82) is 0 Å². The number of ether oxygens (including phenoxy) is 1. The monoisotopic (exact) mass is 373 g/mol. The fourth-order valence-electron chi connectivity index (χ4n) is 2.97. The molecule has 1 aliphatic carbocycles. The molecule has 138 valence electrons. The summed E-state index contributed by atoms with van der Waals surface area (Å²) in [5, 5.41) is 10.2. The lowest BCUT2D eigenvalue weighted by atomic mass is 10.1. The van der Waals surface area contributed by atoms with Crippen molar-refractivity contribution in [1.82, 2.24) is 4.57 Å². The third kappa shape index (κ3) is 4.00. The topological polar surface area (TPSA) is 38.3 Å². The summed E-state index contributed by atoms with van der Waals surface area (Å²) in [6, 6.07) is 2.52. The summed E-state index contributed by atoms with van der Waals surface area (Å²) in [4.78, 5) is 0. The number of halogens is 3. The summed E-state index contributed by atoms with van der Waals surface area (Å²) in [6.45, 7) is 7.14. The van der Waals surface area contributed by atoms with Crippen molar-refractivity contribution < 1.29 is 27.8 Å². The lowest BCUT2D eigenvalue weighted by Crippen LogP contribution is -2.33. The zero-order valence-corrected chi connectivity index (χ0v) is 15.7. The number of pyridine rings is 1. The molecule has 0 atom stereocenters. The first-order valence-corrected chi connectivity index (χ1v) is 12.2. The molecule has 0 radical (unpaired) electrons. The zero-order valence-electron chi connectivity index (χ0n) is 14.7. The van der Waals surface area contributed by atoms with Crippen LogP contribution in [0.5, 0.6) is 0 Å². The number of alkyl halides is 3. The average molecular weight is 373 g/mol. The number of rotatable bonds is 6. The summed E-state index contributed by atoms with van der Waals surface area (Å²) in [6.07, 6.45) is -0.230. The molecular formula is C17H24F3N2O2Si+. The number of aromatic nitrogens is 2. The van der Waals surface area contributed by atoms with Crippen molar-refractivity contribution in [3.63, 3.8) is 0 Å². The minimum atomic E-state index is -4.47. The third-order valence-corrected chi connectivity index (χ3v) is 6.20. The van der Waals surface area contributed by atoms with Gasteiger partial charge in [-0.2, -0.15) is 13.2 Å². The van der Waals surface area contributed by atoms with Crippen molar-refractivity contribution in [2.45, 2.75) is 57.4 Å². The molecule has 0 aliphatic heterocycles. The van der Waals surface area contributed by atoms with Crippen LogP contribution in [0.4, 0.5) is 13.2 Å². The highest BCUT2D eigenvalue weighted by Gasteiger charge is 2.41. The van der Waals surface area contributed by atoms with E-state index in [0.29, 0.717) is 12.2 Å². The lowest BCUT2D eigenvalue weighted by molar-refractivity contribution is -0.886. The Morgan fingerprint density at radius 3 is 2.56 bits per heavy atom. The largest absolute Gasteiger partial charge is 0.420 e. The molecule has 1 N–H and O–H groups in total. The van der Waals surface area contributed by atoms with Crippen molar-refractivity contribution in [2.75, 3.05) is 6.61 Å². The quantitative estimate of drug-likeness (QED) is 0.353. The number of hydrogen-bond donors (Lipinski definition) is 1. The van der Waals surface area contributed by atoms with Gasteiger partial charge in [0, 0.05) is 14.7 Å². The molecule has 0 saturated heterocycles. The molecule has 0 unspecified atom stereocenters. The Bertz CT molecular complexity index is 777. The van der Waals surface area contributed by atoms with E-state index >= 15 is 0 Å². The van der Waals surface area contributed by atoms with Gasteiger partial charge < -0.3 is 9.94 Å². The average Bonchev–Trinajstić information content (AvgIpc) is 3.22. The summed E-state index contributed by atoms with van der Waals surface area (Å²) >= 11 is 0. The molecule has 0 amide bonds. The van der Waals surface area contributed by atoms with Gasteiger partial charge in [-0.3, -0.25) is 0 Å². The molecule has 2 aromatic rings. The molecule has 25 heavy (non-hydrogen) atoms. The lowest BCUT2D eigenvalue weighted by Gasteiger charge is -2.14. The van der Waals surface area contributed by atoms with Crippen LogP contribution in [-0.2, 0) is 17.6 Å². The summed E-state index contributed by atoms with van der Waals surface area (Å²) in [5.74, 6) is 0.147. The predicted molar refractivity (Wildman–Crippen MR) is 90.4 cm³/mol. The molecule has 1 aliphatic rings. The molecule has 4 nitrogen and oxygen atoms in total. The Balaban J connectivity index is 1.97. The number of nitrogens with zero attached hydrogens (tertiary/aromatic N) is 2. The predicted octanol–water partition coefficient (Wildman–Crippen LogP) is 4.37. The molecule has 3 rings (SSSR count). The van der Waals surface area contributed by atoms with Crippen LogP contribution in [0.3, 0.4) is 0 Å². The van der Waals surface area contributed by atoms with Gasteiger partial charge in [-0.15, -0.1) is 0 Å². The van der Waals surface area contributed by atoms with Crippen LogP contribution in [0.15, 0.2) is 18.5 Å². The highest BCUT2D eigenvalue weighted by molar-refractivity contribution is 6.76. The van der Waals surface area contributed by atoms with Gasteiger partial charge in [0.2, 0.25) is 0 Å². The van der Waals surface area contributed by atoms with Gasteiger partial charge in [-0.25, -0.2) is 4.57 Å². The minimum absolute atomic E-state index is 0.00819. The van der Waals surface area contributed by atoms with E-state index in [1.165, 1.54) is 10.8 Å². The Hall–Kier alpha value is -1.54. The van der Waals surface area contributed by atoms with Crippen LogP contribution < -0.4 is 4.73 Å². The van der Waals surface area contributed by atoms with Crippen molar-refractivity contribution >= 4 is 19.1 Å². The maximum absolute atomic E-state index is 13.5. The van der Waals surface area contributed by atoms with Crippen molar-refractivity contribution in [3.05, 3.63) is 29.6 Å². The third-order valence-electron chi connectivity index (χ3n) is 4.50. The molecule has 2 heterocycles. The summed E-state index contributed by atoms with van der Waals surface area (Å²) < 4.78 is 48.3. The molecule has 0 spiro atoms. The second-order valence-corrected chi connectivity index (χ2v) is 13.6. The number of fused-ring (bicyclic) bond motifs is 1. The van der Waals surface area contributed by atoms with E-state index in [1.807, 2.05) is 0 Å². The van der Waals surface area contributed by atoms with Crippen LogP contribution in [0, 0.1) is 0 Å². The van der Waals surface area contributed by atoms with Crippen molar-refractivity contribution in [3.8, 4) is 0 Å². The molecule has 0 bridgehead atoms. The number of hydrogen-bond acceptors (Lipinski definition) is 2. The van der Waals surface area contributed by atoms with E-state index in [0.717, 1.165) is 29.8 Å². The fraction of sp³-hybridized carbons (Fsp3) is 0.588. The van der Waals surface area contributed by atoms with Gasteiger partial charge in [0.25, 0.3) is 0 Å². The van der Waals surface area contributed by atoms with E-state index in [4.69, 9.17) is 4.74 Å². The molecule has 2 aromatic heterocycles. The Morgan fingerprint density at radius 1 is 1.32 bits per heavy atom. The molecule has 0 aromatic carbocycles. The smallest absolute Gasteiger partial charge is 0.350 e. The van der Waals surface area contributed by atoms with Crippen LogP contribution in [-0.4, -0.2) is 24.5 Å². The van der Waals surface area contributed by atoms with Crippen LogP contribution >= 0.6 is 0 Å². The Kier molecular flexibility index (Phi) is 4.61. The minimum Gasteiger partial charge on any atom is -0.350 e. The summed E-state index contributed by atoms with van der Waals surface area (Å²) in [7, 11) is -1.27. The Labute approximate surface area is 145 Å². The van der Waals surface area contributed by atoms with E-state index in [9.17, 15) is 18.4 Å². The van der Waals surface area contributed by atoms with Gasteiger partial charge >= 0.3 is 11.8 Å². The van der Waals surface area contributed by atoms with Crippen LogP contribution in [0.25, 0.3) is 11.0 Å². The zero-order chi connectivity index (χ0) is 18.4. The fourth-order valence-corrected chi connectivity index (χ4v) is 3.73. The van der Waals surface area contributed by atoms with E-state index in [2.05, 4.69) is 19.6 Å². The summed E-state index contributed by atoms with van der Waals surface area (Å²) in [5.41, 5.74) is 0.0970. The van der Waals surface area contributed by atoms with Gasteiger partial charge in [-0.1, -0.05) is 24.4 Å². The molecular weight excluding hydrogens is 349 g/mol. The first-order valence-electron chi connectivity index (χ1n) is 8.49. The Morgan fingerprint density at radius 2 is 2.00 bits per heavy atom. The highest BCUT2D eigenvalue weighted by Crippen LogP contribution is 2.46. The van der Waals surface area contributed by atoms with Gasteiger partial charge in [0.15, 0.2) is 6.73 Å². The maximum Gasteiger partial charge on any atom is 0.420 e. The van der Waals surface area contributed by atoms with Gasteiger partial charge in [0.1, 0.15) is 18.0 Å². The molecule has 8 heteroatoms. The first kappa shape index (κ1) is 18.3. The van der Waals surface area contributed by atoms with Crippen LogP contribution in [0.2, 0.25) is 25.7 Å². The van der Waals surface area contributed by atoms with Gasteiger partial charge in [0.05, 0.1) is 5.39 Å². The van der Waals surface area contributed by atoms with Crippen molar-refractivity contribution in [2.24, 2.45) is 0 Å². The normalized spacial score (nSPS) is 15.9.